The third-order valence-electron chi connectivity index (χ3n) is 5.33. The number of nitrogens with one attached hydrogen (secondary N) is 2. The van der Waals surface area contributed by atoms with E-state index in [9.17, 15) is 0 Å². The Bertz CT molecular complexity index is 866. The van der Waals surface area contributed by atoms with Gasteiger partial charge in [-0.2, -0.15) is 0 Å². The molecule has 0 radical (unpaired) electrons. The van der Waals surface area contributed by atoms with Crippen molar-refractivity contribution in [2.24, 2.45) is 4.99 Å². The summed E-state index contributed by atoms with van der Waals surface area (Å²) in [7, 11) is 1.78. The van der Waals surface area contributed by atoms with Crippen LogP contribution in [0.4, 0.5) is 0 Å². The second kappa shape index (κ2) is 12.9. The van der Waals surface area contributed by atoms with Crippen LogP contribution < -0.4 is 20.1 Å². The molecule has 0 amide bonds. The average molecular weight is 441 g/mol. The minimum Gasteiger partial charge on any atom is -0.494 e. The second-order valence-electron chi connectivity index (χ2n) is 7.77. The number of hydrogen-bond donors (Lipinski definition) is 2. The SMILES string of the molecule is CCOc1cc(C)ccc1CNC(=NC)NCc1cccc(OCCN2CCOCC2)c1. The van der Waals surface area contributed by atoms with Gasteiger partial charge in [-0.15, -0.1) is 0 Å². The Kier molecular flexibility index (Phi) is 9.65. The molecular weight excluding hydrogens is 404 g/mol. The van der Waals surface area contributed by atoms with Crippen molar-refractivity contribution in [1.29, 1.82) is 0 Å². The van der Waals surface area contributed by atoms with Crippen molar-refractivity contribution in [3.05, 3.63) is 59.2 Å². The number of ether oxygens (including phenoxy) is 3. The van der Waals surface area contributed by atoms with Crippen LogP contribution in [0.3, 0.4) is 0 Å². The van der Waals surface area contributed by atoms with Gasteiger partial charge >= 0.3 is 0 Å². The van der Waals surface area contributed by atoms with Crippen LogP contribution in [-0.2, 0) is 17.8 Å². The molecule has 2 aromatic carbocycles. The molecule has 0 atom stereocenters. The Morgan fingerprint density at radius 2 is 1.88 bits per heavy atom. The van der Waals surface area contributed by atoms with Crippen LogP contribution in [0.2, 0.25) is 0 Å². The third-order valence-corrected chi connectivity index (χ3v) is 5.33. The first kappa shape index (κ1) is 23.9. The van der Waals surface area contributed by atoms with Gasteiger partial charge in [-0.3, -0.25) is 9.89 Å². The molecule has 0 bridgehead atoms. The molecule has 2 N–H and O–H groups in total. The van der Waals surface area contributed by atoms with Gasteiger partial charge in [-0.25, -0.2) is 0 Å². The van der Waals surface area contributed by atoms with Gasteiger partial charge in [0.1, 0.15) is 18.1 Å². The van der Waals surface area contributed by atoms with Gasteiger partial charge in [0, 0.05) is 45.3 Å². The van der Waals surface area contributed by atoms with E-state index in [0.29, 0.717) is 26.3 Å². The van der Waals surface area contributed by atoms with Gasteiger partial charge in [0.2, 0.25) is 0 Å². The molecule has 7 nitrogen and oxygen atoms in total. The van der Waals surface area contributed by atoms with E-state index in [0.717, 1.165) is 61.4 Å². The maximum absolute atomic E-state index is 5.96. The third kappa shape index (κ3) is 7.73. The van der Waals surface area contributed by atoms with Crippen LogP contribution in [0.5, 0.6) is 11.5 Å². The maximum atomic E-state index is 5.96. The molecule has 1 aliphatic heterocycles. The molecule has 3 rings (SSSR count). The van der Waals surface area contributed by atoms with Crippen molar-refractivity contribution >= 4 is 5.96 Å². The Labute approximate surface area is 191 Å². The predicted molar refractivity (Wildman–Crippen MR) is 129 cm³/mol. The Hall–Kier alpha value is -2.77. The number of rotatable bonds is 10. The molecular formula is C25H36N4O3. The monoisotopic (exact) mass is 440 g/mol. The van der Waals surface area contributed by atoms with E-state index >= 15 is 0 Å². The zero-order chi connectivity index (χ0) is 22.6. The maximum Gasteiger partial charge on any atom is 0.191 e. The highest BCUT2D eigenvalue weighted by Gasteiger charge is 2.10. The summed E-state index contributed by atoms with van der Waals surface area (Å²) < 4.78 is 17.1. The van der Waals surface area contributed by atoms with Gasteiger partial charge < -0.3 is 24.8 Å². The number of morpholine rings is 1. The molecule has 0 aromatic heterocycles. The van der Waals surface area contributed by atoms with E-state index in [4.69, 9.17) is 14.2 Å². The number of benzene rings is 2. The summed E-state index contributed by atoms with van der Waals surface area (Å²) in [6.07, 6.45) is 0. The minimum absolute atomic E-state index is 0.639. The van der Waals surface area contributed by atoms with E-state index in [2.05, 4.69) is 57.8 Å². The Balaban J connectivity index is 1.46. The number of aliphatic imine (C=N–C) groups is 1. The topological polar surface area (TPSA) is 67.3 Å². The van der Waals surface area contributed by atoms with Gasteiger partial charge in [0.15, 0.2) is 5.96 Å². The standard InChI is InChI=1S/C25H36N4O3/c1-4-31-24-16-20(2)8-9-22(24)19-28-25(26-3)27-18-21-6-5-7-23(17-21)32-15-12-29-10-13-30-14-11-29/h5-9,16-17H,4,10-15,18-19H2,1-3H3,(H2,26,27,28). The van der Waals surface area contributed by atoms with Crippen molar-refractivity contribution in [1.82, 2.24) is 15.5 Å². The van der Waals surface area contributed by atoms with Gasteiger partial charge in [-0.05, 0) is 43.2 Å². The van der Waals surface area contributed by atoms with Crippen LogP contribution in [0.25, 0.3) is 0 Å². The molecule has 174 valence electrons. The summed E-state index contributed by atoms with van der Waals surface area (Å²) in [6.45, 7) is 11.2. The first-order chi connectivity index (χ1) is 15.7. The van der Waals surface area contributed by atoms with E-state index in [1.54, 1.807) is 7.05 Å². The molecule has 7 heteroatoms. The fraction of sp³-hybridized carbons (Fsp3) is 0.480. The fourth-order valence-corrected chi connectivity index (χ4v) is 3.55. The largest absolute Gasteiger partial charge is 0.494 e. The molecule has 0 spiro atoms. The highest BCUT2D eigenvalue weighted by molar-refractivity contribution is 5.79. The van der Waals surface area contributed by atoms with Gasteiger partial charge in [-0.1, -0.05) is 24.3 Å². The normalized spacial score (nSPS) is 14.8. The molecule has 0 unspecified atom stereocenters. The molecule has 1 saturated heterocycles. The lowest BCUT2D eigenvalue weighted by Crippen LogP contribution is -2.38. The minimum atomic E-state index is 0.639. The van der Waals surface area contributed by atoms with Crippen LogP contribution in [0.1, 0.15) is 23.6 Å². The predicted octanol–water partition coefficient (Wildman–Crippen LogP) is 2.97. The summed E-state index contributed by atoms with van der Waals surface area (Å²) >= 11 is 0. The fourth-order valence-electron chi connectivity index (χ4n) is 3.55. The average Bonchev–Trinajstić information content (AvgIpc) is 2.81. The number of hydrogen-bond acceptors (Lipinski definition) is 5. The quantitative estimate of drug-likeness (QED) is 0.437. The number of aryl methyl sites for hydroxylation is 1. The molecule has 32 heavy (non-hydrogen) atoms. The lowest BCUT2D eigenvalue weighted by atomic mass is 10.1. The van der Waals surface area contributed by atoms with Crippen LogP contribution >= 0.6 is 0 Å². The molecule has 0 saturated carbocycles. The molecule has 0 aliphatic carbocycles. The summed E-state index contributed by atoms with van der Waals surface area (Å²) in [5.41, 5.74) is 3.44. The van der Waals surface area contributed by atoms with E-state index < -0.39 is 0 Å². The summed E-state index contributed by atoms with van der Waals surface area (Å²) in [5, 5.41) is 6.75. The lowest BCUT2D eigenvalue weighted by Gasteiger charge is -2.26. The highest BCUT2D eigenvalue weighted by Crippen LogP contribution is 2.20. The first-order valence-electron chi connectivity index (χ1n) is 11.4. The molecule has 1 aliphatic rings. The van der Waals surface area contributed by atoms with Crippen LogP contribution in [-0.4, -0.2) is 64.0 Å². The van der Waals surface area contributed by atoms with E-state index in [1.165, 1.54) is 5.56 Å². The second-order valence-corrected chi connectivity index (χ2v) is 7.77. The Morgan fingerprint density at radius 3 is 2.66 bits per heavy atom. The van der Waals surface area contributed by atoms with Crippen molar-refractivity contribution in [3.63, 3.8) is 0 Å². The zero-order valence-electron chi connectivity index (χ0n) is 19.5. The Morgan fingerprint density at radius 1 is 1.06 bits per heavy atom. The van der Waals surface area contributed by atoms with Crippen molar-refractivity contribution in [2.75, 3.05) is 53.1 Å². The van der Waals surface area contributed by atoms with Crippen molar-refractivity contribution in [3.8, 4) is 11.5 Å². The van der Waals surface area contributed by atoms with Crippen molar-refractivity contribution in [2.45, 2.75) is 26.9 Å². The molecule has 2 aromatic rings. The van der Waals surface area contributed by atoms with Crippen LogP contribution in [0, 0.1) is 6.92 Å². The van der Waals surface area contributed by atoms with Crippen LogP contribution in [0.15, 0.2) is 47.5 Å². The van der Waals surface area contributed by atoms with Gasteiger partial charge in [0.05, 0.1) is 19.8 Å². The summed E-state index contributed by atoms with van der Waals surface area (Å²) in [5.74, 6) is 2.55. The highest BCUT2D eigenvalue weighted by atomic mass is 16.5. The first-order valence-corrected chi connectivity index (χ1v) is 11.4. The summed E-state index contributed by atoms with van der Waals surface area (Å²) in [4.78, 5) is 6.71. The van der Waals surface area contributed by atoms with E-state index in [-0.39, 0.29) is 0 Å². The zero-order valence-corrected chi connectivity index (χ0v) is 19.5. The van der Waals surface area contributed by atoms with E-state index in [1.807, 2.05) is 19.1 Å². The van der Waals surface area contributed by atoms with Crippen molar-refractivity contribution < 1.29 is 14.2 Å². The number of guanidine groups is 1. The smallest absolute Gasteiger partial charge is 0.191 e. The van der Waals surface area contributed by atoms with Gasteiger partial charge in [0.25, 0.3) is 0 Å². The number of nitrogens with zero attached hydrogens (tertiary/aromatic N) is 2. The molecule has 1 fully saturated rings. The molecule has 1 heterocycles. The summed E-state index contributed by atoms with van der Waals surface area (Å²) in [6, 6.07) is 14.5. The lowest BCUT2D eigenvalue weighted by molar-refractivity contribution is 0.0322.